The van der Waals surface area contributed by atoms with Gasteiger partial charge in [0, 0.05) is 104 Å². The number of nitrogens with two attached hydrogens (primary N) is 1. The molecule has 26 nitrogen and oxygen atoms in total. The molecule has 114 heavy (non-hydrogen) atoms. The maximum absolute atomic E-state index is 16.1. The number of amides is 2. The number of carbonyl (C=O) groups excluding carboxylic acids is 2. The predicted molar refractivity (Wildman–Crippen MR) is 421 cm³/mol. The molecule has 594 valence electrons. The molecule has 6 saturated carbocycles. The number of piperazine rings is 2. The van der Waals surface area contributed by atoms with Crippen LogP contribution in [0.1, 0.15) is 202 Å². The van der Waals surface area contributed by atoms with Gasteiger partial charge in [0.2, 0.25) is 15.0 Å². The molecule has 0 bridgehead atoms. The molecule has 2 saturated heterocycles. The Balaban J connectivity index is 0.000000164. The molecule has 17 rings (SSSR count). The number of nitrogens with zero attached hydrogens (tertiary/aromatic N) is 17. The second-order valence-electron chi connectivity index (χ2n) is 32.2. The Bertz CT molecular complexity index is 5430. The zero-order valence-electron chi connectivity index (χ0n) is 65.8. The molecule has 2 aromatic carbocycles. The molecule has 8 aliphatic rings. The van der Waals surface area contributed by atoms with Crippen LogP contribution in [0.3, 0.4) is 0 Å². The van der Waals surface area contributed by atoms with Crippen LogP contribution in [-0.2, 0) is 19.3 Å². The SMILES string of the molecule is CSc1nc(C2CC2)c(-n2c(=O)nc(N3CCN(C(=O)OC(C)(C)C)C[C@@H]3C)c3cc(F)c(-c4ccccc4F)nc32)c(C2CC2)n1.CSc1nc(C2CC2)c(N)c(C2CC2)n1.C[C@H]1CN(C(=O)OC(C)(C)C)CCN1c1nc(=O)n(-c2c(C3CC3)nc(S(C)(=O)=O)nc2C2CC2)c2nc(-c3ccccc3F)c(F)cc12.[C-]#N.[Na+]. The van der Waals surface area contributed by atoms with E-state index in [2.05, 4.69) is 34.9 Å². The van der Waals surface area contributed by atoms with Crippen molar-refractivity contribution in [2.24, 2.45) is 0 Å². The van der Waals surface area contributed by atoms with Gasteiger partial charge in [-0.25, -0.2) is 94.2 Å². The summed E-state index contributed by atoms with van der Waals surface area (Å²) in [5.74, 6) is -1.15. The van der Waals surface area contributed by atoms with Gasteiger partial charge in [-0.3, -0.25) is 0 Å². The van der Waals surface area contributed by atoms with Gasteiger partial charge in [0.05, 0.1) is 62.0 Å². The van der Waals surface area contributed by atoms with Gasteiger partial charge in [0.15, 0.2) is 21.6 Å². The Morgan fingerprint density at radius 2 is 0.816 bits per heavy atom. The molecule has 6 aliphatic carbocycles. The predicted octanol–water partition coefficient (Wildman–Crippen LogP) is 11.2. The summed E-state index contributed by atoms with van der Waals surface area (Å²) in [7, 11) is -3.79. The number of fused-ring (bicyclic) bond motifs is 2. The van der Waals surface area contributed by atoms with E-state index in [4.69, 9.17) is 42.0 Å². The summed E-state index contributed by atoms with van der Waals surface area (Å²) in [4.78, 5) is 108. The fraction of sp³-hybridized carbons (Fsp3) is 0.487. The van der Waals surface area contributed by atoms with Crippen molar-refractivity contribution in [1.82, 2.24) is 68.8 Å². The number of benzene rings is 2. The number of rotatable bonds is 15. The number of thioether (sulfide) groups is 2. The third-order valence-electron chi connectivity index (χ3n) is 20.7. The van der Waals surface area contributed by atoms with Crippen molar-refractivity contribution in [2.45, 2.75) is 207 Å². The van der Waals surface area contributed by atoms with Crippen LogP contribution in [0.25, 0.3) is 56.0 Å². The van der Waals surface area contributed by atoms with Gasteiger partial charge in [0.1, 0.15) is 57.5 Å². The first-order chi connectivity index (χ1) is 53.8. The second-order valence-corrected chi connectivity index (χ2v) is 35.6. The van der Waals surface area contributed by atoms with E-state index in [1.54, 1.807) is 54.5 Å². The normalized spacial score (nSPS) is 18.4. The summed E-state index contributed by atoms with van der Waals surface area (Å²) in [5, 5.41) is 7.96. The summed E-state index contributed by atoms with van der Waals surface area (Å²) in [6.07, 6.45) is 15.8. The van der Waals surface area contributed by atoms with E-state index in [-0.39, 0.29) is 141 Å². The Labute approximate surface area is 688 Å². The number of anilines is 3. The number of ether oxygens (including phenoxy) is 2. The van der Waals surface area contributed by atoms with E-state index in [0.717, 1.165) is 91.2 Å². The van der Waals surface area contributed by atoms with Gasteiger partial charge < -0.3 is 46.6 Å². The molecule has 2 atom stereocenters. The topological polar surface area (TPSA) is 322 Å². The monoisotopic (exact) mass is 1620 g/mol. The van der Waals surface area contributed by atoms with Crippen molar-refractivity contribution in [3.8, 4) is 33.9 Å². The Hall–Kier alpha value is -8.94. The van der Waals surface area contributed by atoms with Gasteiger partial charge in [0.25, 0.3) is 0 Å². The summed E-state index contributed by atoms with van der Waals surface area (Å²) >= 11 is 3.07. The van der Waals surface area contributed by atoms with Crippen molar-refractivity contribution in [3.63, 3.8) is 0 Å². The molecule has 2 amide bonds. The molecular weight excluding hydrogens is 1540 g/mol. The van der Waals surface area contributed by atoms with Crippen molar-refractivity contribution < 1.29 is 74.6 Å². The second kappa shape index (κ2) is 33.0. The number of hydrogen-bond donors (Lipinski definition) is 1. The molecule has 0 radical (unpaired) electrons. The van der Waals surface area contributed by atoms with Crippen LogP contribution in [0.5, 0.6) is 0 Å². The average Bonchev–Trinajstić information content (AvgIpc) is 1.11. The number of nitrogen functional groups attached to an aromatic ring is 1. The Morgan fingerprint density at radius 3 is 1.11 bits per heavy atom. The fourth-order valence-corrected chi connectivity index (χ4v) is 15.7. The number of hydrogen-bond acceptors (Lipinski definition) is 24. The van der Waals surface area contributed by atoms with Crippen LogP contribution in [0.2, 0.25) is 0 Å². The largest absolute Gasteiger partial charge is 1.00 e. The van der Waals surface area contributed by atoms with Gasteiger partial charge in [-0.15, -0.1) is 0 Å². The van der Waals surface area contributed by atoms with E-state index in [1.807, 2.05) is 56.9 Å². The third kappa shape index (κ3) is 17.9. The summed E-state index contributed by atoms with van der Waals surface area (Å²) in [6.45, 7) is 21.1. The van der Waals surface area contributed by atoms with Gasteiger partial charge >= 0.3 is 53.1 Å². The van der Waals surface area contributed by atoms with Crippen LogP contribution in [-0.4, -0.2) is 171 Å². The smallest absolute Gasteiger partial charge is 0.512 e. The van der Waals surface area contributed by atoms with Crippen LogP contribution < -0.4 is 56.5 Å². The van der Waals surface area contributed by atoms with E-state index in [0.29, 0.717) is 64.8 Å². The Morgan fingerprint density at radius 1 is 0.500 bits per heavy atom. The zero-order valence-corrected chi connectivity index (χ0v) is 70.3. The molecule has 0 unspecified atom stereocenters. The fourth-order valence-electron chi connectivity index (χ4n) is 14.4. The van der Waals surface area contributed by atoms with E-state index in [1.165, 1.54) is 95.1 Å². The summed E-state index contributed by atoms with van der Waals surface area (Å²) in [5.41, 5.74) is 9.36. The number of carbonyl (C=O) groups is 2. The van der Waals surface area contributed by atoms with E-state index < -0.39 is 67.9 Å². The van der Waals surface area contributed by atoms with Crippen LogP contribution in [0, 0.1) is 35.1 Å². The van der Waals surface area contributed by atoms with Crippen molar-refractivity contribution in [1.29, 1.82) is 5.26 Å². The number of aromatic nitrogens is 12. The molecule has 34 heteroatoms. The van der Waals surface area contributed by atoms with Crippen LogP contribution >= 0.6 is 23.5 Å². The minimum Gasteiger partial charge on any atom is -0.512 e. The number of sulfone groups is 1. The molecule has 0 spiro atoms. The molecule has 2 N–H and O–H groups in total. The third-order valence-corrected chi connectivity index (χ3v) is 22.7. The minimum atomic E-state index is -3.79. The van der Waals surface area contributed by atoms with Crippen molar-refractivity contribution in [3.05, 3.63) is 146 Å². The molecule has 8 fully saturated rings. The molecule has 7 aromatic heterocycles. The molecular formula is C80H89F4N18NaO8S3. The standard InChI is InChI=1S/C34H37F2N7O5S.C34H37F2N7O3S.C11H15N3S.CN.Na/c1-18-17-41(33(45)48-34(2,3)4)14-15-42(18)29-22-16-24(36)27(21-8-6-7-9-23(21)35)37-30(22)43(32(44)40-29)28-25(19-10-11-19)38-31(49(5,46)47)39-26(28)20-12-13-20;1-18-17-41(33(45)46-34(2,3)4)14-15-42(18)29-22-16-24(36)27(21-8-6-7-9-23(21)35)37-30(22)43(32(44)40-29)28-25(19-10-11-19)38-31(47-5)39-26(28)20-12-13-20;1-15-11-13-9(6-2-3-6)8(12)10(14-11)7-4-5-7;1-2;/h6-9,16,18-20H,10-15,17H2,1-5H3;6-9,16,18-20H,10-15,17H2,1-5H3;6-7H,2-5,12H2,1H3;;/q;;;-1;+1/t2*18-;;;/m00.../s1. The average molecular weight is 1630 g/mol. The Kier molecular flexibility index (Phi) is 24.0. The number of pyridine rings is 2. The van der Waals surface area contributed by atoms with Gasteiger partial charge in [-0.1, -0.05) is 47.8 Å². The van der Waals surface area contributed by atoms with Crippen LogP contribution in [0.15, 0.2) is 85.7 Å². The summed E-state index contributed by atoms with van der Waals surface area (Å²) < 4.78 is 101. The maximum atomic E-state index is 16.1. The van der Waals surface area contributed by atoms with Gasteiger partial charge in [-0.2, -0.15) is 9.97 Å². The first-order valence-corrected chi connectivity index (χ1v) is 42.4. The first-order valence-electron chi connectivity index (χ1n) is 38.1. The quantitative estimate of drug-likeness (QED) is 0.0328. The molecule has 9 aromatic rings. The summed E-state index contributed by atoms with van der Waals surface area (Å²) in [6, 6.07) is 13.4. The molecule has 2 aliphatic heterocycles. The first kappa shape index (κ1) is 83.0. The van der Waals surface area contributed by atoms with E-state index in [9.17, 15) is 27.6 Å². The minimum absolute atomic E-state index is 0. The van der Waals surface area contributed by atoms with Crippen molar-refractivity contribution >= 4 is 84.9 Å². The zero-order chi connectivity index (χ0) is 80.6. The van der Waals surface area contributed by atoms with Crippen LogP contribution in [0.4, 0.5) is 44.5 Å². The van der Waals surface area contributed by atoms with Crippen molar-refractivity contribution in [2.75, 3.05) is 73.6 Å². The molecule has 9 heterocycles. The maximum Gasteiger partial charge on any atom is 1.00 e. The number of halogens is 4. The van der Waals surface area contributed by atoms with E-state index >= 15 is 17.6 Å². The van der Waals surface area contributed by atoms with Gasteiger partial charge in [-0.05, 0) is 181 Å².